The van der Waals surface area contributed by atoms with E-state index in [-0.39, 0.29) is 24.3 Å². The monoisotopic (exact) mass is 473 g/mol. The molecule has 2 N–H and O–H groups in total. The molecule has 4 aromatic rings. The van der Waals surface area contributed by atoms with Crippen LogP contribution in [0.3, 0.4) is 0 Å². The molecule has 0 saturated carbocycles. The van der Waals surface area contributed by atoms with Gasteiger partial charge in [0.1, 0.15) is 5.75 Å². The lowest BCUT2D eigenvalue weighted by Gasteiger charge is -2.33. The van der Waals surface area contributed by atoms with E-state index >= 15 is 0 Å². The molecule has 0 saturated heterocycles. The van der Waals surface area contributed by atoms with Gasteiger partial charge in [0.2, 0.25) is 5.91 Å². The number of aromatic nitrogens is 1. The van der Waals surface area contributed by atoms with Gasteiger partial charge in [-0.15, -0.1) is 0 Å². The van der Waals surface area contributed by atoms with E-state index in [1.54, 1.807) is 11.0 Å². The third-order valence-corrected chi connectivity index (χ3v) is 6.55. The molecule has 7 heteroatoms. The summed E-state index contributed by atoms with van der Waals surface area (Å²) in [5.74, 6) is -0.0732. The van der Waals surface area contributed by atoms with Crippen LogP contribution in [-0.2, 0) is 9.59 Å². The smallest absolute Gasteiger partial charge is 0.263 e. The van der Waals surface area contributed by atoms with Gasteiger partial charge < -0.3 is 19.9 Å². The number of halogens is 1. The summed E-state index contributed by atoms with van der Waals surface area (Å²) in [4.78, 5) is 30.3. The second-order valence-corrected chi connectivity index (χ2v) is 8.72. The highest BCUT2D eigenvalue weighted by Gasteiger charge is 2.33. The van der Waals surface area contributed by atoms with Gasteiger partial charge in [-0.25, -0.2) is 0 Å². The minimum Gasteiger partial charge on any atom is -0.477 e. The summed E-state index contributed by atoms with van der Waals surface area (Å²) in [6.07, 6.45) is 1.16. The van der Waals surface area contributed by atoms with Gasteiger partial charge in [0, 0.05) is 41.5 Å². The normalized spacial score (nSPS) is 15.9. The molecule has 0 fully saturated rings. The summed E-state index contributed by atoms with van der Waals surface area (Å²) in [7, 11) is 0. The fourth-order valence-corrected chi connectivity index (χ4v) is 4.78. The van der Waals surface area contributed by atoms with Crippen LogP contribution in [0.1, 0.15) is 24.0 Å². The first-order valence-corrected chi connectivity index (χ1v) is 11.5. The maximum absolute atomic E-state index is 13.2. The van der Waals surface area contributed by atoms with Crippen molar-refractivity contribution in [2.75, 3.05) is 18.0 Å². The Bertz CT molecular complexity index is 1370. The molecule has 0 unspecified atom stereocenters. The molecule has 0 radical (unpaired) electrons. The molecule has 1 aliphatic rings. The first kappa shape index (κ1) is 22.0. The molecule has 6 nitrogen and oxygen atoms in total. The van der Waals surface area contributed by atoms with E-state index in [1.807, 2.05) is 66.9 Å². The molecule has 1 aromatic heterocycles. The number of nitrogens with one attached hydrogen (secondary N) is 2. The van der Waals surface area contributed by atoms with E-state index < -0.39 is 6.10 Å². The number of hydrogen-bond donors (Lipinski definition) is 2. The number of benzene rings is 3. The predicted octanol–water partition coefficient (Wildman–Crippen LogP) is 4.88. The molecular formula is C27H24ClN3O3. The largest absolute Gasteiger partial charge is 0.477 e. The second-order valence-electron chi connectivity index (χ2n) is 8.31. The zero-order chi connectivity index (χ0) is 23.7. The van der Waals surface area contributed by atoms with Crippen LogP contribution in [-0.4, -0.2) is 36.0 Å². The molecule has 2 amide bonds. The summed E-state index contributed by atoms with van der Waals surface area (Å²) in [5.41, 5.74) is 3.66. The molecule has 0 aliphatic carbocycles. The lowest BCUT2D eigenvalue weighted by atomic mass is 9.90. The van der Waals surface area contributed by atoms with Crippen molar-refractivity contribution in [2.24, 2.45) is 0 Å². The average molecular weight is 474 g/mol. The van der Waals surface area contributed by atoms with Crippen molar-refractivity contribution in [1.82, 2.24) is 10.3 Å². The number of hydrogen-bond acceptors (Lipinski definition) is 3. The molecule has 34 heavy (non-hydrogen) atoms. The van der Waals surface area contributed by atoms with Gasteiger partial charge >= 0.3 is 0 Å². The number of amides is 2. The van der Waals surface area contributed by atoms with Crippen LogP contribution in [0.15, 0.2) is 79.0 Å². The fourth-order valence-electron chi connectivity index (χ4n) is 4.51. The summed E-state index contributed by atoms with van der Waals surface area (Å²) < 4.78 is 5.96. The topological polar surface area (TPSA) is 74.4 Å². The van der Waals surface area contributed by atoms with E-state index in [4.69, 9.17) is 16.3 Å². The van der Waals surface area contributed by atoms with Gasteiger partial charge in [0.25, 0.3) is 5.91 Å². The van der Waals surface area contributed by atoms with Crippen molar-refractivity contribution in [2.45, 2.75) is 18.9 Å². The van der Waals surface area contributed by atoms with Crippen LogP contribution >= 0.6 is 11.6 Å². The van der Waals surface area contributed by atoms with Crippen molar-refractivity contribution >= 4 is 40.0 Å². The zero-order valence-electron chi connectivity index (χ0n) is 18.6. The summed E-state index contributed by atoms with van der Waals surface area (Å²) >= 11 is 6.57. The molecule has 3 aromatic carbocycles. The van der Waals surface area contributed by atoms with Gasteiger partial charge in [-0.2, -0.15) is 0 Å². The van der Waals surface area contributed by atoms with Crippen LogP contribution in [0.5, 0.6) is 5.75 Å². The van der Waals surface area contributed by atoms with Gasteiger partial charge in [-0.05, 0) is 35.4 Å². The van der Waals surface area contributed by atoms with E-state index in [1.165, 1.54) is 6.92 Å². The number of rotatable bonds is 5. The van der Waals surface area contributed by atoms with Gasteiger partial charge in [-0.3, -0.25) is 9.59 Å². The molecule has 1 aliphatic heterocycles. The molecule has 172 valence electrons. The van der Waals surface area contributed by atoms with Gasteiger partial charge in [0.05, 0.1) is 12.2 Å². The lowest BCUT2D eigenvalue weighted by Crippen LogP contribution is -2.50. The quantitative estimate of drug-likeness (QED) is 0.433. The maximum atomic E-state index is 13.2. The minimum atomic E-state index is -0.811. The van der Waals surface area contributed by atoms with E-state index in [0.717, 1.165) is 22.0 Å². The number of carbonyl (C=O) groups is 2. The molecular weight excluding hydrogens is 450 g/mol. The highest BCUT2D eigenvalue weighted by Crippen LogP contribution is 2.35. The number of anilines is 1. The Morgan fingerprint density at radius 2 is 1.79 bits per heavy atom. The van der Waals surface area contributed by atoms with Crippen LogP contribution in [0.4, 0.5) is 5.69 Å². The van der Waals surface area contributed by atoms with Crippen LogP contribution in [0, 0.1) is 0 Å². The number of fused-ring (bicyclic) bond motifs is 2. The lowest BCUT2D eigenvalue weighted by molar-refractivity contribution is -0.128. The average Bonchev–Trinajstić information content (AvgIpc) is 3.28. The summed E-state index contributed by atoms with van der Waals surface area (Å²) in [6.45, 7) is 1.97. The number of nitrogens with zero attached hydrogens (tertiary/aromatic N) is 1. The molecule has 5 rings (SSSR count). The molecule has 0 spiro atoms. The first-order valence-electron chi connectivity index (χ1n) is 11.1. The second kappa shape index (κ2) is 9.23. The van der Waals surface area contributed by atoms with Crippen molar-refractivity contribution in [3.63, 3.8) is 0 Å². The SMILES string of the molecule is CC(=O)N1C[C@@H](C(=O)NC[C@@H](c2ccccc2Cl)c2c[nH]c3ccccc23)Oc2ccccc21. The van der Waals surface area contributed by atoms with Crippen molar-refractivity contribution < 1.29 is 14.3 Å². The van der Waals surface area contributed by atoms with E-state index in [0.29, 0.717) is 23.0 Å². The van der Waals surface area contributed by atoms with E-state index in [9.17, 15) is 9.59 Å². The number of aromatic amines is 1. The standard InChI is InChI=1S/C27H24ClN3O3/c1-17(32)31-16-26(34-25-13-7-6-12-24(25)31)27(33)30-15-20(18-8-2-4-10-22(18)28)21-14-29-23-11-5-3-9-19(21)23/h2-14,20,26,29H,15-16H2,1H3,(H,30,33)/t20-,26-/m0/s1. The van der Waals surface area contributed by atoms with Crippen molar-refractivity contribution in [3.05, 3.63) is 95.1 Å². The summed E-state index contributed by atoms with van der Waals surface area (Å²) in [5, 5.41) is 4.76. The maximum Gasteiger partial charge on any atom is 0.263 e. The van der Waals surface area contributed by atoms with Crippen molar-refractivity contribution in [3.8, 4) is 5.75 Å². The molecule has 0 bridgehead atoms. The van der Waals surface area contributed by atoms with Crippen LogP contribution in [0.2, 0.25) is 5.02 Å². The molecule has 2 atom stereocenters. The number of carbonyl (C=O) groups excluding carboxylic acids is 2. The third-order valence-electron chi connectivity index (χ3n) is 6.20. The number of H-pyrrole nitrogens is 1. The fraction of sp³-hybridized carbons (Fsp3) is 0.185. The van der Waals surface area contributed by atoms with E-state index in [2.05, 4.69) is 16.4 Å². The Morgan fingerprint density at radius 1 is 1.06 bits per heavy atom. The number of ether oxygens (including phenoxy) is 1. The van der Waals surface area contributed by atoms with Gasteiger partial charge in [-0.1, -0.05) is 60.1 Å². The van der Waals surface area contributed by atoms with Crippen LogP contribution in [0.25, 0.3) is 10.9 Å². The van der Waals surface area contributed by atoms with Crippen LogP contribution < -0.4 is 15.0 Å². The number of para-hydroxylation sites is 3. The van der Waals surface area contributed by atoms with Crippen molar-refractivity contribution in [1.29, 1.82) is 0 Å². The highest BCUT2D eigenvalue weighted by atomic mass is 35.5. The Hall–Kier alpha value is -3.77. The predicted molar refractivity (Wildman–Crippen MR) is 133 cm³/mol. The Kier molecular flexibility index (Phi) is 5.99. The minimum absolute atomic E-state index is 0.138. The highest BCUT2D eigenvalue weighted by molar-refractivity contribution is 6.31. The molecule has 2 heterocycles. The Labute approximate surface area is 202 Å². The third kappa shape index (κ3) is 4.13. The zero-order valence-corrected chi connectivity index (χ0v) is 19.4. The Morgan fingerprint density at radius 3 is 2.62 bits per heavy atom. The summed E-state index contributed by atoms with van der Waals surface area (Å²) in [6, 6.07) is 23.0. The first-order chi connectivity index (χ1) is 16.5. The van der Waals surface area contributed by atoms with Gasteiger partial charge in [0.15, 0.2) is 6.10 Å². The Balaban J connectivity index is 1.41.